The molecule has 1 N–H and O–H groups in total. The van der Waals surface area contributed by atoms with Crippen molar-refractivity contribution in [1.29, 1.82) is 0 Å². The van der Waals surface area contributed by atoms with Crippen molar-refractivity contribution in [2.45, 2.75) is 75.7 Å². The van der Waals surface area contributed by atoms with Crippen LogP contribution in [0.25, 0.3) is 0 Å². The van der Waals surface area contributed by atoms with Gasteiger partial charge in [-0.05, 0) is 38.7 Å². The van der Waals surface area contributed by atoms with Crippen LogP contribution in [0, 0.1) is 12.8 Å². The van der Waals surface area contributed by atoms with Gasteiger partial charge in [0.1, 0.15) is 11.6 Å². The van der Waals surface area contributed by atoms with E-state index in [9.17, 15) is 9.59 Å². The third-order valence-corrected chi connectivity index (χ3v) is 7.68. The molecule has 6 nitrogen and oxygen atoms in total. The molecule has 3 heterocycles. The number of benzene rings is 1. The van der Waals surface area contributed by atoms with E-state index in [0.717, 1.165) is 31.2 Å². The van der Waals surface area contributed by atoms with Crippen LogP contribution in [0.2, 0.25) is 0 Å². The Labute approximate surface area is 190 Å². The molecule has 4 aliphatic rings. The highest BCUT2D eigenvalue weighted by Gasteiger charge is 2.71. The van der Waals surface area contributed by atoms with Crippen LogP contribution < -0.4 is 5.32 Å². The minimum atomic E-state index is -0.883. The molecule has 5 atom stereocenters. The SMILES string of the molecule is CCOCCCN1C(=O)[C@@H]2[C@@H](c3ccc(C)cc3)[C@H]3C=C[C@@]2(O3)[C@H]1C(=O)NC1CCCC1. The molecule has 3 fully saturated rings. The fourth-order valence-corrected chi connectivity index (χ4v) is 6.21. The molecule has 172 valence electrons. The highest BCUT2D eigenvalue weighted by molar-refractivity contribution is 5.97. The maximum Gasteiger partial charge on any atom is 0.246 e. The summed E-state index contributed by atoms with van der Waals surface area (Å²) >= 11 is 0. The van der Waals surface area contributed by atoms with Crippen LogP contribution in [-0.4, -0.2) is 60.3 Å². The molecule has 6 heteroatoms. The first-order valence-electron chi connectivity index (χ1n) is 12.2. The Morgan fingerprint density at radius 2 is 2.00 bits per heavy atom. The zero-order valence-corrected chi connectivity index (χ0v) is 19.1. The second-order valence-corrected chi connectivity index (χ2v) is 9.68. The molecule has 2 saturated heterocycles. The molecule has 1 aromatic carbocycles. The van der Waals surface area contributed by atoms with Gasteiger partial charge < -0.3 is 19.7 Å². The summed E-state index contributed by atoms with van der Waals surface area (Å²) in [5.41, 5.74) is 1.41. The van der Waals surface area contributed by atoms with Gasteiger partial charge in [-0.3, -0.25) is 9.59 Å². The van der Waals surface area contributed by atoms with Crippen LogP contribution in [0.4, 0.5) is 0 Å². The topological polar surface area (TPSA) is 67.9 Å². The zero-order chi connectivity index (χ0) is 22.3. The van der Waals surface area contributed by atoms with Crippen molar-refractivity contribution in [2.24, 2.45) is 5.92 Å². The van der Waals surface area contributed by atoms with Gasteiger partial charge in [0.25, 0.3) is 0 Å². The van der Waals surface area contributed by atoms with Crippen molar-refractivity contribution in [3.05, 3.63) is 47.5 Å². The predicted octanol–water partition coefficient (Wildman–Crippen LogP) is 3.10. The number of nitrogens with zero attached hydrogens (tertiary/aromatic N) is 1. The standard InChI is InChI=1S/C26H34N2O4/c1-3-31-16-6-15-28-23(24(29)27-19-7-4-5-8-19)26-14-13-20(32-26)21(22(26)25(28)30)18-11-9-17(2)10-12-18/h9-14,19-23H,3-8,15-16H2,1-2H3,(H,27,29)/t20-,21+,22+,23-,26+/m1/s1. The number of carbonyl (C=O) groups is 2. The van der Waals surface area contributed by atoms with E-state index < -0.39 is 11.6 Å². The molecule has 1 spiro atoms. The quantitative estimate of drug-likeness (QED) is 0.500. The van der Waals surface area contributed by atoms with E-state index in [0.29, 0.717) is 26.2 Å². The minimum Gasteiger partial charge on any atom is -0.382 e. The van der Waals surface area contributed by atoms with Crippen molar-refractivity contribution in [2.75, 3.05) is 19.8 Å². The van der Waals surface area contributed by atoms with Crippen LogP contribution in [0.5, 0.6) is 0 Å². The summed E-state index contributed by atoms with van der Waals surface area (Å²) < 4.78 is 12.0. The van der Waals surface area contributed by atoms with Gasteiger partial charge in [-0.1, -0.05) is 54.8 Å². The first kappa shape index (κ1) is 21.7. The van der Waals surface area contributed by atoms with Crippen LogP contribution in [-0.2, 0) is 19.1 Å². The molecule has 2 amide bonds. The van der Waals surface area contributed by atoms with Gasteiger partial charge in [0.15, 0.2) is 0 Å². The average Bonchev–Trinajstić information content (AvgIpc) is 3.55. The van der Waals surface area contributed by atoms with Crippen LogP contribution in [0.1, 0.15) is 56.1 Å². The molecule has 0 radical (unpaired) electrons. The first-order chi connectivity index (χ1) is 15.5. The monoisotopic (exact) mass is 438 g/mol. The molecule has 1 aromatic rings. The Hall–Kier alpha value is -2.18. The fourth-order valence-electron chi connectivity index (χ4n) is 6.21. The lowest BCUT2D eigenvalue weighted by molar-refractivity contribution is -0.139. The van der Waals surface area contributed by atoms with Gasteiger partial charge in [0.2, 0.25) is 11.8 Å². The summed E-state index contributed by atoms with van der Waals surface area (Å²) in [5, 5.41) is 3.25. The van der Waals surface area contributed by atoms with E-state index in [1.54, 1.807) is 4.90 Å². The van der Waals surface area contributed by atoms with Crippen molar-refractivity contribution in [1.82, 2.24) is 10.2 Å². The molecular formula is C26H34N2O4. The highest BCUT2D eigenvalue weighted by atomic mass is 16.5. The lowest BCUT2D eigenvalue weighted by atomic mass is 9.72. The molecule has 1 aliphatic carbocycles. The number of rotatable bonds is 8. The van der Waals surface area contributed by atoms with E-state index in [1.807, 2.05) is 13.0 Å². The number of ether oxygens (including phenoxy) is 2. The Kier molecular flexibility index (Phi) is 5.84. The molecule has 0 aromatic heterocycles. The van der Waals surface area contributed by atoms with Gasteiger partial charge in [-0.25, -0.2) is 0 Å². The lowest BCUT2D eigenvalue weighted by Gasteiger charge is -2.33. The molecule has 3 aliphatic heterocycles. The number of hydrogen-bond acceptors (Lipinski definition) is 4. The van der Waals surface area contributed by atoms with Gasteiger partial charge in [0, 0.05) is 31.7 Å². The summed E-state index contributed by atoms with van der Waals surface area (Å²) in [7, 11) is 0. The van der Waals surface area contributed by atoms with Crippen molar-refractivity contribution < 1.29 is 19.1 Å². The molecule has 2 bridgehead atoms. The van der Waals surface area contributed by atoms with E-state index >= 15 is 0 Å². The first-order valence-corrected chi connectivity index (χ1v) is 12.2. The van der Waals surface area contributed by atoms with Crippen molar-refractivity contribution in [3.63, 3.8) is 0 Å². The Morgan fingerprint density at radius 3 is 2.72 bits per heavy atom. The number of amides is 2. The second kappa shape index (κ2) is 8.64. The summed E-state index contributed by atoms with van der Waals surface area (Å²) in [6.07, 6.45) is 8.93. The summed E-state index contributed by atoms with van der Waals surface area (Å²) in [4.78, 5) is 29.2. The van der Waals surface area contributed by atoms with E-state index in [4.69, 9.17) is 9.47 Å². The third-order valence-electron chi connectivity index (χ3n) is 7.68. The highest BCUT2D eigenvalue weighted by Crippen LogP contribution is 2.58. The summed E-state index contributed by atoms with van der Waals surface area (Å²) in [5.74, 6) is -0.470. The number of nitrogens with one attached hydrogen (secondary N) is 1. The fraction of sp³-hybridized carbons (Fsp3) is 0.615. The summed E-state index contributed by atoms with van der Waals surface area (Å²) in [6, 6.07) is 7.95. The van der Waals surface area contributed by atoms with E-state index in [2.05, 4.69) is 42.6 Å². The maximum absolute atomic E-state index is 13.8. The predicted molar refractivity (Wildman–Crippen MR) is 121 cm³/mol. The van der Waals surface area contributed by atoms with Gasteiger partial charge in [0.05, 0.1) is 12.0 Å². The molecule has 1 saturated carbocycles. The molecule has 5 rings (SSSR count). The number of carbonyl (C=O) groups excluding carboxylic acids is 2. The normalized spacial score (nSPS) is 33.3. The average molecular weight is 439 g/mol. The van der Waals surface area contributed by atoms with E-state index in [-0.39, 0.29) is 35.8 Å². The van der Waals surface area contributed by atoms with Crippen molar-refractivity contribution in [3.8, 4) is 0 Å². The smallest absolute Gasteiger partial charge is 0.246 e. The van der Waals surface area contributed by atoms with Crippen LogP contribution in [0.15, 0.2) is 36.4 Å². The Bertz CT molecular complexity index is 892. The lowest BCUT2D eigenvalue weighted by Crippen LogP contribution is -2.56. The van der Waals surface area contributed by atoms with Crippen LogP contribution >= 0.6 is 0 Å². The molecular weight excluding hydrogens is 404 g/mol. The summed E-state index contributed by atoms with van der Waals surface area (Å²) in [6.45, 7) is 5.76. The zero-order valence-electron chi connectivity index (χ0n) is 19.1. The van der Waals surface area contributed by atoms with Crippen LogP contribution in [0.3, 0.4) is 0 Å². The molecule has 0 unspecified atom stereocenters. The number of aryl methyl sites for hydroxylation is 1. The van der Waals surface area contributed by atoms with Gasteiger partial charge in [-0.2, -0.15) is 0 Å². The Morgan fingerprint density at radius 1 is 1.25 bits per heavy atom. The largest absolute Gasteiger partial charge is 0.382 e. The Balaban J connectivity index is 1.46. The maximum atomic E-state index is 13.8. The molecule has 32 heavy (non-hydrogen) atoms. The third kappa shape index (κ3) is 3.48. The van der Waals surface area contributed by atoms with Crippen molar-refractivity contribution >= 4 is 11.8 Å². The second-order valence-electron chi connectivity index (χ2n) is 9.68. The van der Waals surface area contributed by atoms with E-state index in [1.165, 1.54) is 5.56 Å². The van der Waals surface area contributed by atoms with Gasteiger partial charge >= 0.3 is 0 Å². The number of likely N-dealkylation sites (tertiary alicyclic amines) is 1. The number of hydrogen-bond donors (Lipinski definition) is 1. The number of fused-ring (bicyclic) bond motifs is 1. The van der Waals surface area contributed by atoms with Gasteiger partial charge in [-0.15, -0.1) is 0 Å². The minimum absolute atomic E-state index is 0.0329.